The highest BCUT2D eigenvalue weighted by molar-refractivity contribution is 5.81. The highest BCUT2D eigenvalue weighted by Crippen LogP contribution is 2.19. The molecule has 1 aliphatic heterocycles. The summed E-state index contributed by atoms with van der Waals surface area (Å²) < 4.78 is 5.62. The summed E-state index contributed by atoms with van der Waals surface area (Å²) >= 11 is 0. The van der Waals surface area contributed by atoms with Crippen molar-refractivity contribution in [2.75, 3.05) is 26.2 Å². The van der Waals surface area contributed by atoms with Crippen LogP contribution in [0.2, 0.25) is 0 Å². The van der Waals surface area contributed by atoms with Crippen molar-refractivity contribution in [1.29, 1.82) is 0 Å². The molecule has 0 aromatic heterocycles. The van der Waals surface area contributed by atoms with Crippen molar-refractivity contribution >= 4 is 11.8 Å². The predicted molar refractivity (Wildman–Crippen MR) is 114 cm³/mol. The number of ether oxygens (including phenoxy) is 1. The van der Waals surface area contributed by atoms with Gasteiger partial charge < -0.3 is 15.0 Å². The number of nitrogens with zero attached hydrogens (tertiary/aromatic N) is 1. The van der Waals surface area contributed by atoms with Gasteiger partial charge in [-0.1, -0.05) is 55.5 Å². The number of likely N-dealkylation sites (tertiary alicyclic amines) is 1. The van der Waals surface area contributed by atoms with Gasteiger partial charge in [0.1, 0.15) is 5.75 Å². The molecule has 1 heterocycles. The number of carbonyl (C=O) groups is 2. The van der Waals surface area contributed by atoms with Gasteiger partial charge in [0, 0.05) is 19.6 Å². The Hall–Kier alpha value is -2.82. The van der Waals surface area contributed by atoms with Crippen LogP contribution in [-0.2, 0) is 9.59 Å². The predicted octanol–water partition coefficient (Wildman–Crippen LogP) is 3.61. The Morgan fingerprint density at radius 2 is 1.79 bits per heavy atom. The van der Waals surface area contributed by atoms with Gasteiger partial charge in [0.15, 0.2) is 0 Å². The summed E-state index contributed by atoms with van der Waals surface area (Å²) in [6.45, 7) is 4.28. The second-order valence-corrected chi connectivity index (χ2v) is 7.65. The Bertz CT molecular complexity index is 779. The molecule has 0 radical (unpaired) electrons. The summed E-state index contributed by atoms with van der Waals surface area (Å²) in [6, 6.07) is 19.7. The lowest BCUT2D eigenvalue weighted by atomic mass is 9.96. The van der Waals surface area contributed by atoms with Crippen LogP contribution in [0.5, 0.6) is 5.75 Å². The van der Waals surface area contributed by atoms with E-state index in [4.69, 9.17) is 4.74 Å². The summed E-state index contributed by atoms with van der Waals surface area (Å²) in [5.41, 5.74) is 1.21. The average molecular weight is 395 g/mol. The van der Waals surface area contributed by atoms with Gasteiger partial charge in [0.2, 0.25) is 11.8 Å². The maximum absolute atomic E-state index is 12.6. The van der Waals surface area contributed by atoms with Crippen molar-refractivity contribution in [2.24, 2.45) is 5.92 Å². The van der Waals surface area contributed by atoms with Crippen LogP contribution in [0, 0.1) is 5.92 Å². The fourth-order valence-electron chi connectivity index (χ4n) is 3.65. The standard InChI is InChI=1S/C24H30N2O3/c1-19(20-9-4-2-5-10-20)17-25-24(28)21-11-8-15-26(18-21)23(27)14-16-29-22-12-6-3-7-13-22/h2-7,9-10,12-13,19,21H,8,11,14-18H2,1H3,(H,25,28). The highest BCUT2D eigenvalue weighted by Gasteiger charge is 2.28. The lowest BCUT2D eigenvalue weighted by molar-refractivity contribution is -0.136. The number of nitrogens with one attached hydrogen (secondary N) is 1. The molecule has 2 aromatic rings. The number of benzene rings is 2. The van der Waals surface area contributed by atoms with E-state index in [2.05, 4.69) is 24.4 Å². The molecule has 1 N–H and O–H groups in total. The van der Waals surface area contributed by atoms with Crippen molar-refractivity contribution in [3.63, 3.8) is 0 Å². The topological polar surface area (TPSA) is 58.6 Å². The lowest BCUT2D eigenvalue weighted by Crippen LogP contribution is -2.46. The number of hydrogen-bond acceptors (Lipinski definition) is 3. The van der Waals surface area contributed by atoms with Crippen molar-refractivity contribution < 1.29 is 14.3 Å². The average Bonchev–Trinajstić information content (AvgIpc) is 2.78. The Morgan fingerprint density at radius 3 is 2.52 bits per heavy atom. The molecule has 1 aliphatic rings. The van der Waals surface area contributed by atoms with Crippen molar-refractivity contribution in [2.45, 2.75) is 32.1 Å². The zero-order chi connectivity index (χ0) is 20.5. The fraction of sp³-hybridized carbons (Fsp3) is 0.417. The molecule has 2 amide bonds. The van der Waals surface area contributed by atoms with Crippen LogP contribution in [0.25, 0.3) is 0 Å². The summed E-state index contributed by atoms with van der Waals surface area (Å²) in [4.78, 5) is 27.0. The van der Waals surface area contributed by atoms with Gasteiger partial charge in [0.05, 0.1) is 18.9 Å². The first kappa shape index (κ1) is 20.9. The van der Waals surface area contributed by atoms with Crippen LogP contribution in [0.15, 0.2) is 60.7 Å². The molecule has 154 valence electrons. The van der Waals surface area contributed by atoms with E-state index in [1.807, 2.05) is 53.4 Å². The van der Waals surface area contributed by atoms with E-state index in [0.717, 1.165) is 18.6 Å². The van der Waals surface area contributed by atoms with Crippen molar-refractivity contribution in [1.82, 2.24) is 10.2 Å². The third-order valence-electron chi connectivity index (χ3n) is 5.42. The normalized spacial score (nSPS) is 17.4. The highest BCUT2D eigenvalue weighted by atomic mass is 16.5. The van der Waals surface area contributed by atoms with E-state index in [-0.39, 0.29) is 23.7 Å². The van der Waals surface area contributed by atoms with Gasteiger partial charge in [-0.25, -0.2) is 0 Å². The lowest BCUT2D eigenvalue weighted by Gasteiger charge is -2.32. The first-order valence-corrected chi connectivity index (χ1v) is 10.4. The molecule has 2 atom stereocenters. The molecule has 5 nitrogen and oxygen atoms in total. The van der Waals surface area contributed by atoms with Crippen LogP contribution in [0.3, 0.4) is 0 Å². The molecule has 1 saturated heterocycles. The fourth-order valence-corrected chi connectivity index (χ4v) is 3.65. The molecular weight excluding hydrogens is 364 g/mol. The molecule has 0 aliphatic carbocycles. The minimum atomic E-state index is -0.134. The van der Waals surface area contributed by atoms with E-state index >= 15 is 0 Å². The van der Waals surface area contributed by atoms with E-state index < -0.39 is 0 Å². The van der Waals surface area contributed by atoms with E-state index in [1.54, 1.807) is 0 Å². The van der Waals surface area contributed by atoms with Gasteiger partial charge in [-0.15, -0.1) is 0 Å². The molecule has 29 heavy (non-hydrogen) atoms. The monoisotopic (exact) mass is 394 g/mol. The SMILES string of the molecule is CC(CNC(=O)C1CCCN(C(=O)CCOc2ccccc2)C1)c1ccccc1. The maximum Gasteiger partial charge on any atom is 0.226 e. The first-order chi connectivity index (χ1) is 14.1. The van der Waals surface area contributed by atoms with E-state index in [9.17, 15) is 9.59 Å². The minimum absolute atomic E-state index is 0.0471. The van der Waals surface area contributed by atoms with Crippen LogP contribution in [0.1, 0.15) is 37.7 Å². The van der Waals surface area contributed by atoms with Gasteiger partial charge in [-0.2, -0.15) is 0 Å². The molecular formula is C24H30N2O3. The van der Waals surface area contributed by atoms with Crippen LogP contribution < -0.4 is 10.1 Å². The van der Waals surface area contributed by atoms with Gasteiger partial charge in [-0.05, 0) is 36.5 Å². The molecule has 0 bridgehead atoms. The minimum Gasteiger partial charge on any atom is -0.493 e. The number of amides is 2. The second kappa shape index (κ2) is 10.6. The number of rotatable bonds is 8. The van der Waals surface area contributed by atoms with Gasteiger partial charge in [-0.3, -0.25) is 9.59 Å². The molecule has 3 rings (SSSR count). The third kappa shape index (κ3) is 6.34. The Labute approximate surface area is 173 Å². The van der Waals surface area contributed by atoms with Crippen molar-refractivity contribution in [3.8, 4) is 5.75 Å². The van der Waals surface area contributed by atoms with Crippen LogP contribution in [0.4, 0.5) is 0 Å². The third-order valence-corrected chi connectivity index (χ3v) is 5.42. The number of piperidine rings is 1. The maximum atomic E-state index is 12.6. The molecule has 0 spiro atoms. The number of hydrogen-bond donors (Lipinski definition) is 1. The van der Waals surface area contributed by atoms with E-state index in [1.165, 1.54) is 5.56 Å². The quantitative estimate of drug-likeness (QED) is 0.744. The Balaban J connectivity index is 1.41. The zero-order valence-corrected chi connectivity index (χ0v) is 17.0. The van der Waals surface area contributed by atoms with Crippen LogP contribution in [-0.4, -0.2) is 43.0 Å². The molecule has 2 unspecified atom stereocenters. The summed E-state index contributed by atoms with van der Waals surface area (Å²) in [7, 11) is 0. The number of carbonyl (C=O) groups excluding carboxylic acids is 2. The first-order valence-electron chi connectivity index (χ1n) is 10.4. The van der Waals surface area contributed by atoms with E-state index in [0.29, 0.717) is 32.7 Å². The Morgan fingerprint density at radius 1 is 1.10 bits per heavy atom. The van der Waals surface area contributed by atoms with Gasteiger partial charge in [0.25, 0.3) is 0 Å². The zero-order valence-electron chi connectivity index (χ0n) is 17.0. The summed E-state index contributed by atoms with van der Waals surface area (Å²) in [6.07, 6.45) is 2.02. The second-order valence-electron chi connectivity index (χ2n) is 7.65. The van der Waals surface area contributed by atoms with Crippen LogP contribution >= 0.6 is 0 Å². The molecule has 5 heteroatoms. The smallest absolute Gasteiger partial charge is 0.226 e. The molecule has 2 aromatic carbocycles. The van der Waals surface area contributed by atoms with Gasteiger partial charge >= 0.3 is 0 Å². The van der Waals surface area contributed by atoms with Crippen molar-refractivity contribution in [3.05, 3.63) is 66.2 Å². The number of para-hydroxylation sites is 1. The summed E-state index contributed by atoms with van der Waals surface area (Å²) in [5.74, 6) is 0.993. The summed E-state index contributed by atoms with van der Waals surface area (Å²) in [5, 5.41) is 3.07. The Kier molecular flexibility index (Phi) is 7.68. The molecule has 1 fully saturated rings. The largest absolute Gasteiger partial charge is 0.493 e. The molecule has 0 saturated carbocycles.